The molecule has 0 aliphatic rings. The fourth-order valence-electron chi connectivity index (χ4n) is 11.3. The molecule has 16 rings (SSSR count). The molecule has 0 saturated heterocycles. The predicted octanol–water partition coefficient (Wildman–Crippen LogP) is 17.6. The average Bonchev–Trinajstić information content (AvgIpc) is 1.52. The largest absolute Gasteiger partial charge is 0.317 e. The molecule has 0 amide bonds. The zero-order valence-corrected chi connectivity index (χ0v) is 38.3. The molecule has 11 aromatic carbocycles. The van der Waals surface area contributed by atoms with Crippen molar-refractivity contribution in [3.63, 3.8) is 0 Å². The highest BCUT2D eigenvalue weighted by atomic mass is 15.1. The number of benzene rings is 11. The molecule has 7 nitrogen and oxygen atoms in total. The Hall–Kier alpha value is -10.6. The van der Waals surface area contributed by atoms with Crippen molar-refractivity contribution in [3.8, 4) is 34.5 Å². The monoisotopic (exact) mass is 977 g/mol. The standard InChI is InChI=1S/C68H39N7/c1-70-63-65(75-59-37-19-11-29-49(59)50-39-40-61-62(64(50)75)51-30-12-20-38-60(51)71(61)42-21-3-2-4-22-42)52(41-69)66(72-53-31-13-5-23-43(53)44-24-6-14-32-54(44)72)68(74-57-35-17-9-27-47(57)48-28-10-18-36-58(48)74)67(63)73-55-33-15-7-25-45(55)46-26-8-16-34-56(46)73/h2-40H/i5D,6D,7D,8D,9D,10D,13D,14D,15D,16D,17D,18D,23D,24D,25D,26D,27D,28D,31D,32D,33D,34D,35D,36D. The third-order valence-corrected chi connectivity index (χ3v) is 14.1. The molecule has 0 aliphatic heterocycles. The Morgan fingerprint density at radius 1 is 0.347 bits per heavy atom. The molecule has 0 radical (unpaired) electrons. The number of nitrogens with zero attached hydrogens (tertiary/aromatic N) is 7. The summed E-state index contributed by atoms with van der Waals surface area (Å²) in [6.07, 6.45) is 0. The Morgan fingerprint density at radius 2 is 0.760 bits per heavy atom. The van der Waals surface area contributed by atoms with Gasteiger partial charge in [0, 0.05) is 59.5 Å². The van der Waals surface area contributed by atoms with Gasteiger partial charge in [0.15, 0.2) is 0 Å². The van der Waals surface area contributed by atoms with E-state index in [-0.39, 0.29) is 11.0 Å². The number of para-hydroxylation sites is 9. The van der Waals surface area contributed by atoms with Gasteiger partial charge in [-0.25, -0.2) is 4.85 Å². The van der Waals surface area contributed by atoms with Gasteiger partial charge in [-0.2, -0.15) is 5.26 Å². The molecule has 346 valence electrons. The van der Waals surface area contributed by atoms with Crippen LogP contribution in [0.4, 0.5) is 5.69 Å². The predicted molar refractivity (Wildman–Crippen MR) is 309 cm³/mol. The highest BCUT2D eigenvalue weighted by Gasteiger charge is 2.35. The maximum atomic E-state index is 13.0. The van der Waals surface area contributed by atoms with Crippen molar-refractivity contribution in [2.45, 2.75) is 0 Å². The van der Waals surface area contributed by atoms with Crippen molar-refractivity contribution in [2.75, 3.05) is 0 Å². The van der Waals surface area contributed by atoms with Crippen molar-refractivity contribution >= 4 is 115 Å². The van der Waals surface area contributed by atoms with Crippen LogP contribution in [-0.4, -0.2) is 22.8 Å². The van der Waals surface area contributed by atoms with E-state index in [9.17, 15) is 36.5 Å². The second-order valence-corrected chi connectivity index (χ2v) is 17.6. The van der Waals surface area contributed by atoms with E-state index in [1.807, 2.05) is 65.2 Å². The maximum Gasteiger partial charge on any atom is 0.237 e. The minimum absolute atomic E-state index is 0.222. The molecule has 0 bridgehead atoms. The molecule has 0 aliphatic carbocycles. The van der Waals surface area contributed by atoms with Gasteiger partial charge in [-0.05, 0) is 66.6 Å². The van der Waals surface area contributed by atoms with Crippen LogP contribution in [0.2, 0.25) is 0 Å². The lowest BCUT2D eigenvalue weighted by atomic mass is 10.0. The fourth-order valence-corrected chi connectivity index (χ4v) is 11.3. The molecular formula is C68H39N7. The zero-order chi connectivity index (χ0) is 70.4. The van der Waals surface area contributed by atoms with Gasteiger partial charge in [0.25, 0.3) is 0 Å². The molecule has 5 aromatic heterocycles. The summed E-state index contributed by atoms with van der Waals surface area (Å²) in [5, 5.41) is 11.4. The summed E-state index contributed by atoms with van der Waals surface area (Å²) in [7, 11) is 0. The van der Waals surface area contributed by atoms with E-state index in [1.165, 1.54) is 0 Å². The van der Waals surface area contributed by atoms with Crippen LogP contribution < -0.4 is 0 Å². The van der Waals surface area contributed by atoms with E-state index >= 15 is 0 Å². The molecule has 0 fully saturated rings. The Morgan fingerprint density at radius 3 is 1.24 bits per heavy atom. The van der Waals surface area contributed by atoms with Gasteiger partial charge in [-0.15, -0.1) is 0 Å². The highest BCUT2D eigenvalue weighted by molar-refractivity contribution is 6.27. The molecule has 0 saturated carbocycles. The molecule has 75 heavy (non-hydrogen) atoms. The second kappa shape index (κ2) is 15.5. The van der Waals surface area contributed by atoms with Crippen molar-refractivity contribution < 1.29 is 32.9 Å². The Balaban J connectivity index is 1.36. The lowest BCUT2D eigenvalue weighted by molar-refractivity contribution is 1.03. The normalized spacial score (nSPS) is 16.5. The summed E-state index contributed by atoms with van der Waals surface area (Å²) < 4.78 is 236. The topological polar surface area (TPSA) is 52.8 Å². The van der Waals surface area contributed by atoms with Gasteiger partial charge in [0.05, 0.1) is 123 Å². The first kappa shape index (κ1) is 24.2. The number of hydrogen-bond donors (Lipinski definition) is 0. The van der Waals surface area contributed by atoms with Crippen molar-refractivity contribution in [1.82, 2.24) is 22.8 Å². The van der Waals surface area contributed by atoms with Crippen LogP contribution in [0.25, 0.3) is 142 Å². The third kappa shape index (κ3) is 5.40. The quantitative estimate of drug-likeness (QED) is 0.159. The van der Waals surface area contributed by atoms with E-state index in [1.54, 1.807) is 34.9 Å². The summed E-state index contributed by atoms with van der Waals surface area (Å²) in [6.45, 7) is 9.97. The van der Waals surface area contributed by atoms with Crippen molar-refractivity contribution in [3.05, 3.63) is 253 Å². The van der Waals surface area contributed by atoms with Gasteiger partial charge in [0.2, 0.25) is 5.69 Å². The average molecular weight is 978 g/mol. The van der Waals surface area contributed by atoms with E-state index < -0.39 is 244 Å². The van der Waals surface area contributed by atoms with Gasteiger partial charge in [-0.1, -0.05) is 169 Å². The molecule has 0 spiro atoms. The molecule has 0 unspecified atom stereocenters. The van der Waals surface area contributed by atoms with E-state index in [2.05, 4.69) is 10.9 Å². The van der Waals surface area contributed by atoms with Gasteiger partial charge in [-0.3, -0.25) is 0 Å². The minimum atomic E-state index is -1.00. The number of nitriles is 1. The van der Waals surface area contributed by atoms with Crippen molar-refractivity contribution in [1.29, 1.82) is 5.26 Å². The zero-order valence-electron chi connectivity index (χ0n) is 62.3. The van der Waals surface area contributed by atoms with Crippen LogP contribution in [-0.2, 0) is 0 Å². The molecular weight excluding hydrogens is 915 g/mol. The van der Waals surface area contributed by atoms with Crippen LogP contribution in [0.1, 0.15) is 38.5 Å². The Kier molecular flexibility index (Phi) is 4.99. The van der Waals surface area contributed by atoms with Gasteiger partial charge >= 0.3 is 0 Å². The first-order valence-electron chi connectivity index (χ1n) is 35.3. The first-order valence-corrected chi connectivity index (χ1v) is 23.3. The summed E-state index contributed by atoms with van der Waals surface area (Å²) >= 11 is 0. The maximum absolute atomic E-state index is 13.0. The van der Waals surface area contributed by atoms with E-state index in [0.717, 1.165) is 13.7 Å². The Bertz CT molecular complexity index is 6250. The molecule has 16 aromatic rings. The molecule has 7 heteroatoms. The number of aromatic nitrogens is 5. The number of hydrogen-bond acceptors (Lipinski definition) is 1. The summed E-state index contributed by atoms with van der Waals surface area (Å²) in [5.41, 5.74) is -6.62. The highest BCUT2D eigenvalue weighted by Crippen LogP contribution is 2.53. The van der Waals surface area contributed by atoms with Crippen LogP contribution in [0.15, 0.2) is 236 Å². The molecule has 0 atom stereocenters. The minimum Gasteiger partial charge on any atom is -0.317 e. The smallest absolute Gasteiger partial charge is 0.237 e. The summed E-state index contributed by atoms with van der Waals surface area (Å²) in [5.74, 6) is 0. The summed E-state index contributed by atoms with van der Waals surface area (Å²) in [4.78, 5) is 4.33. The lowest BCUT2D eigenvalue weighted by Gasteiger charge is -2.27. The number of rotatable bonds is 5. The SMILES string of the molecule is [2H]c1c([2H])c([2H])c2c(c1[2H])c1c([2H])c([2H])c([2H])c([2H])c1n2-c1c(C#N)c(-n2c3ccccc3c3ccc4c(c5ccccc5n4-c4ccccc4)c32)c([N+]#[C-])c(-n2c3c([2H])c([2H])c([2H])c([2H])c3c3c([2H])c([2H])c([2H])c([2H])c32)c1-n1c2c([2H])c([2H])c([2H])c([2H])c2c2c([2H])c([2H])c([2H])c([2H])c21. The van der Waals surface area contributed by atoms with Crippen LogP contribution in [0, 0.1) is 17.9 Å². The Labute approximate surface area is 462 Å². The van der Waals surface area contributed by atoms with E-state index in [0.29, 0.717) is 38.3 Å². The second-order valence-electron chi connectivity index (χ2n) is 17.6. The molecule has 0 N–H and O–H groups in total. The third-order valence-electron chi connectivity index (χ3n) is 14.1. The van der Waals surface area contributed by atoms with E-state index in [4.69, 9.17) is 8.22 Å². The number of fused-ring (bicyclic) bond motifs is 16. The first-order chi connectivity index (χ1) is 47.2. The van der Waals surface area contributed by atoms with Crippen LogP contribution >= 0.6 is 0 Å². The van der Waals surface area contributed by atoms with Gasteiger partial charge in [0.1, 0.15) is 6.07 Å². The summed E-state index contributed by atoms with van der Waals surface area (Å²) in [6, 6.07) is 6.84. The van der Waals surface area contributed by atoms with Gasteiger partial charge < -0.3 is 22.8 Å². The fraction of sp³-hybridized carbons (Fsp3) is 0. The van der Waals surface area contributed by atoms with Crippen molar-refractivity contribution in [2.24, 2.45) is 0 Å². The lowest BCUT2D eigenvalue weighted by Crippen LogP contribution is -2.14. The molecule has 5 heterocycles. The van der Waals surface area contributed by atoms with Crippen LogP contribution in [0.3, 0.4) is 0 Å². The van der Waals surface area contributed by atoms with Crippen LogP contribution in [0.5, 0.6) is 0 Å².